The lowest BCUT2D eigenvalue weighted by Crippen LogP contribution is -2.32. The lowest BCUT2D eigenvalue weighted by Gasteiger charge is -2.31. The molecule has 0 aromatic heterocycles. The summed E-state index contributed by atoms with van der Waals surface area (Å²) < 4.78 is 11.6. The zero-order chi connectivity index (χ0) is 14.5. The van der Waals surface area contributed by atoms with Crippen LogP contribution in [-0.2, 0) is 14.3 Å². The molecule has 0 N–H and O–H groups in total. The summed E-state index contributed by atoms with van der Waals surface area (Å²) in [7, 11) is 0. The molecule has 0 amide bonds. The quantitative estimate of drug-likeness (QED) is 0.552. The summed E-state index contributed by atoms with van der Waals surface area (Å²) in [6, 6.07) is 0. The van der Waals surface area contributed by atoms with Gasteiger partial charge in [-0.2, -0.15) is 0 Å². The molecule has 0 bridgehead atoms. The summed E-state index contributed by atoms with van der Waals surface area (Å²) in [5.41, 5.74) is 0.0938. The van der Waals surface area contributed by atoms with Crippen LogP contribution in [0.5, 0.6) is 0 Å². The van der Waals surface area contributed by atoms with Crippen LogP contribution in [0.1, 0.15) is 73.1 Å². The fourth-order valence-electron chi connectivity index (χ4n) is 2.30. The second-order valence-corrected chi connectivity index (χ2v) is 7.18. The third-order valence-electron chi connectivity index (χ3n) is 3.39. The number of ether oxygens (including phenoxy) is 2. The van der Waals surface area contributed by atoms with Crippen molar-refractivity contribution in [3.05, 3.63) is 0 Å². The highest BCUT2D eigenvalue weighted by atomic mass is 16.7. The first kappa shape index (κ1) is 16.5. The average molecular weight is 270 g/mol. The molecule has 0 radical (unpaired) electrons. The molecular formula is C16H30O3. The van der Waals surface area contributed by atoms with E-state index in [9.17, 15) is 4.79 Å². The highest BCUT2D eigenvalue weighted by molar-refractivity contribution is 5.71. The van der Waals surface area contributed by atoms with Crippen LogP contribution in [0.2, 0.25) is 0 Å². The zero-order valence-electron chi connectivity index (χ0n) is 13.2. The molecule has 0 saturated heterocycles. The molecule has 0 aromatic carbocycles. The fourth-order valence-corrected chi connectivity index (χ4v) is 2.30. The van der Waals surface area contributed by atoms with Crippen LogP contribution in [0, 0.1) is 11.3 Å². The Balaban J connectivity index is 2.55. The molecule has 1 aliphatic carbocycles. The van der Waals surface area contributed by atoms with Gasteiger partial charge in [0.1, 0.15) is 0 Å². The summed E-state index contributed by atoms with van der Waals surface area (Å²) in [6.45, 7) is 10.2. The summed E-state index contributed by atoms with van der Waals surface area (Å²) in [4.78, 5) is 11.8. The van der Waals surface area contributed by atoms with Gasteiger partial charge in [0.15, 0.2) is 0 Å². The first-order valence-electron chi connectivity index (χ1n) is 7.64. The molecule has 1 fully saturated rings. The molecule has 0 spiro atoms. The third kappa shape index (κ3) is 6.95. The van der Waals surface area contributed by atoms with Crippen molar-refractivity contribution in [2.45, 2.75) is 85.5 Å². The van der Waals surface area contributed by atoms with Gasteiger partial charge >= 0.3 is 5.97 Å². The topological polar surface area (TPSA) is 35.5 Å². The Kier molecular flexibility index (Phi) is 6.31. The first-order valence-corrected chi connectivity index (χ1v) is 7.64. The highest BCUT2D eigenvalue weighted by Crippen LogP contribution is 2.28. The molecule has 112 valence electrons. The van der Waals surface area contributed by atoms with Crippen LogP contribution in [0.3, 0.4) is 0 Å². The van der Waals surface area contributed by atoms with E-state index in [2.05, 4.69) is 20.8 Å². The number of hydrogen-bond donors (Lipinski definition) is 0. The molecule has 1 saturated carbocycles. The van der Waals surface area contributed by atoms with E-state index in [-0.39, 0.29) is 23.4 Å². The Bertz CT molecular complexity index is 272. The maximum Gasteiger partial charge on any atom is 0.310 e. The van der Waals surface area contributed by atoms with Crippen LogP contribution in [0.25, 0.3) is 0 Å². The Morgan fingerprint density at radius 2 is 1.74 bits per heavy atom. The van der Waals surface area contributed by atoms with Gasteiger partial charge in [-0.25, -0.2) is 0 Å². The standard InChI is InChI=1S/C16H30O3/c1-12(2)15(17)19-14(11-16(3,4)5)18-13-9-7-6-8-10-13/h12-14H,6-11H2,1-5H3. The minimum Gasteiger partial charge on any atom is -0.436 e. The Labute approximate surface area is 118 Å². The van der Waals surface area contributed by atoms with Crippen molar-refractivity contribution in [2.24, 2.45) is 11.3 Å². The third-order valence-corrected chi connectivity index (χ3v) is 3.39. The van der Waals surface area contributed by atoms with Crippen molar-refractivity contribution >= 4 is 5.97 Å². The van der Waals surface area contributed by atoms with Gasteiger partial charge in [-0.05, 0) is 18.3 Å². The van der Waals surface area contributed by atoms with Crippen LogP contribution in [0.4, 0.5) is 0 Å². The van der Waals surface area contributed by atoms with Crippen molar-refractivity contribution in [1.82, 2.24) is 0 Å². The van der Waals surface area contributed by atoms with Crippen LogP contribution in [0.15, 0.2) is 0 Å². The minimum absolute atomic E-state index is 0.0938. The van der Waals surface area contributed by atoms with E-state index in [1.165, 1.54) is 19.3 Å². The lowest BCUT2D eigenvalue weighted by molar-refractivity contribution is -0.202. The van der Waals surface area contributed by atoms with E-state index in [0.717, 1.165) is 19.3 Å². The summed E-state index contributed by atoms with van der Waals surface area (Å²) in [5, 5.41) is 0. The molecule has 1 unspecified atom stereocenters. The fraction of sp³-hybridized carbons (Fsp3) is 0.938. The van der Waals surface area contributed by atoms with E-state index in [1.807, 2.05) is 13.8 Å². The van der Waals surface area contributed by atoms with E-state index in [4.69, 9.17) is 9.47 Å². The molecule has 3 heteroatoms. The van der Waals surface area contributed by atoms with Crippen molar-refractivity contribution in [1.29, 1.82) is 0 Å². The highest BCUT2D eigenvalue weighted by Gasteiger charge is 2.27. The van der Waals surface area contributed by atoms with Crippen LogP contribution < -0.4 is 0 Å². The normalized spacial score (nSPS) is 19.5. The molecule has 1 aliphatic rings. The van der Waals surface area contributed by atoms with Gasteiger partial charge in [0.05, 0.1) is 12.0 Å². The second kappa shape index (κ2) is 7.28. The van der Waals surface area contributed by atoms with Gasteiger partial charge in [0, 0.05) is 6.42 Å². The summed E-state index contributed by atoms with van der Waals surface area (Å²) in [6.07, 6.45) is 6.58. The van der Waals surface area contributed by atoms with Gasteiger partial charge in [-0.3, -0.25) is 4.79 Å². The van der Waals surface area contributed by atoms with E-state index in [0.29, 0.717) is 0 Å². The maximum atomic E-state index is 11.8. The SMILES string of the molecule is CC(C)C(=O)OC(CC(C)(C)C)OC1CCCCC1. The molecule has 0 heterocycles. The van der Waals surface area contributed by atoms with E-state index >= 15 is 0 Å². The summed E-state index contributed by atoms with van der Waals surface area (Å²) in [5.74, 6) is -0.262. The molecule has 1 atom stereocenters. The van der Waals surface area contributed by atoms with Gasteiger partial charge in [-0.1, -0.05) is 53.9 Å². The van der Waals surface area contributed by atoms with Crippen molar-refractivity contribution < 1.29 is 14.3 Å². The minimum atomic E-state index is -0.391. The molecule has 0 aromatic rings. The van der Waals surface area contributed by atoms with E-state index in [1.54, 1.807) is 0 Å². The predicted octanol–water partition coefficient (Wildman–Crippen LogP) is 4.30. The zero-order valence-corrected chi connectivity index (χ0v) is 13.2. The number of rotatable bonds is 5. The van der Waals surface area contributed by atoms with Crippen molar-refractivity contribution in [3.63, 3.8) is 0 Å². The molecular weight excluding hydrogens is 240 g/mol. The number of hydrogen-bond acceptors (Lipinski definition) is 3. The van der Waals surface area contributed by atoms with Gasteiger partial charge < -0.3 is 9.47 Å². The first-order chi connectivity index (χ1) is 8.78. The van der Waals surface area contributed by atoms with E-state index < -0.39 is 6.29 Å². The Morgan fingerprint density at radius 1 is 1.16 bits per heavy atom. The van der Waals surface area contributed by atoms with Crippen molar-refractivity contribution in [2.75, 3.05) is 0 Å². The second-order valence-electron chi connectivity index (χ2n) is 7.18. The lowest BCUT2D eigenvalue weighted by atomic mass is 9.91. The molecule has 1 rings (SSSR count). The van der Waals surface area contributed by atoms with Crippen LogP contribution >= 0.6 is 0 Å². The summed E-state index contributed by atoms with van der Waals surface area (Å²) >= 11 is 0. The largest absolute Gasteiger partial charge is 0.436 e. The van der Waals surface area contributed by atoms with Crippen molar-refractivity contribution in [3.8, 4) is 0 Å². The predicted molar refractivity (Wildman–Crippen MR) is 76.7 cm³/mol. The molecule has 0 aliphatic heterocycles. The van der Waals surface area contributed by atoms with Gasteiger partial charge in [0.2, 0.25) is 6.29 Å². The Morgan fingerprint density at radius 3 is 2.21 bits per heavy atom. The number of esters is 1. The van der Waals surface area contributed by atoms with Gasteiger partial charge in [-0.15, -0.1) is 0 Å². The molecule has 3 nitrogen and oxygen atoms in total. The number of carbonyl (C=O) groups excluding carboxylic acids is 1. The average Bonchev–Trinajstić information content (AvgIpc) is 2.27. The Hall–Kier alpha value is -0.570. The smallest absolute Gasteiger partial charge is 0.310 e. The maximum absolute atomic E-state index is 11.8. The van der Waals surface area contributed by atoms with Gasteiger partial charge in [0.25, 0.3) is 0 Å². The molecule has 19 heavy (non-hydrogen) atoms. The van der Waals surface area contributed by atoms with Crippen LogP contribution in [-0.4, -0.2) is 18.4 Å². The number of carbonyl (C=O) groups is 1. The monoisotopic (exact) mass is 270 g/mol.